The normalized spacial score (nSPS) is 20.5. The van der Waals surface area contributed by atoms with Gasteiger partial charge in [-0.1, -0.05) is 39.8 Å². The number of hydrogen-bond acceptors (Lipinski definition) is 4. The number of rotatable bonds is 9. The largest absolute Gasteiger partial charge is 0.478 e. The van der Waals surface area contributed by atoms with Gasteiger partial charge < -0.3 is 19.5 Å². The van der Waals surface area contributed by atoms with Gasteiger partial charge in [0.15, 0.2) is 0 Å². The van der Waals surface area contributed by atoms with Crippen LogP contribution in [0.15, 0.2) is 23.8 Å². The molecule has 1 fully saturated rings. The zero-order valence-corrected chi connectivity index (χ0v) is 16.2. The summed E-state index contributed by atoms with van der Waals surface area (Å²) in [4.78, 5) is 24.7. The minimum Gasteiger partial charge on any atom is -0.478 e. The first-order valence-corrected chi connectivity index (χ1v) is 9.03. The zero-order chi connectivity index (χ0) is 19.2. The second kappa shape index (κ2) is 13.6. The molecule has 0 aromatic heterocycles. The summed E-state index contributed by atoms with van der Waals surface area (Å²) in [6.45, 7) is 9.08. The molecular weight excluding hydrogens is 322 g/mol. The fraction of sp³-hybridized carbons (Fsp3) is 0.684. The number of carbonyl (C=O) groups is 2. The molecule has 0 aliphatic carbocycles. The van der Waals surface area contributed by atoms with Crippen molar-refractivity contribution in [3.05, 3.63) is 23.8 Å². The van der Waals surface area contributed by atoms with E-state index in [-0.39, 0.29) is 23.6 Å². The van der Waals surface area contributed by atoms with Gasteiger partial charge in [0.05, 0.1) is 30.9 Å². The molecule has 1 saturated heterocycles. The van der Waals surface area contributed by atoms with Gasteiger partial charge in [-0.25, -0.2) is 4.79 Å². The second-order valence-electron chi connectivity index (χ2n) is 5.46. The van der Waals surface area contributed by atoms with Crippen molar-refractivity contribution in [2.45, 2.75) is 59.1 Å². The van der Waals surface area contributed by atoms with E-state index in [0.29, 0.717) is 32.6 Å². The van der Waals surface area contributed by atoms with Crippen LogP contribution in [-0.4, -0.2) is 60.9 Å². The quantitative estimate of drug-likeness (QED) is 0.391. The number of amides is 1. The van der Waals surface area contributed by atoms with E-state index in [1.165, 1.54) is 0 Å². The summed E-state index contributed by atoms with van der Waals surface area (Å²) >= 11 is 0. The molecule has 0 bridgehead atoms. The van der Waals surface area contributed by atoms with Crippen molar-refractivity contribution >= 4 is 11.9 Å². The molecule has 1 N–H and O–H groups in total. The molecule has 0 aromatic rings. The molecule has 2 unspecified atom stereocenters. The number of nitrogens with zero attached hydrogens (tertiary/aromatic N) is 1. The summed E-state index contributed by atoms with van der Waals surface area (Å²) in [7, 11) is 1.65. The van der Waals surface area contributed by atoms with Crippen LogP contribution < -0.4 is 0 Å². The molecule has 1 rings (SSSR count). The molecule has 0 aromatic carbocycles. The highest BCUT2D eigenvalue weighted by Gasteiger charge is 2.34. The minimum absolute atomic E-state index is 0.0194. The third-order valence-electron chi connectivity index (χ3n) is 3.82. The number of hydrogen-bond donors (Lipinski definition) is 1. The first-order valence-electron chi connectivity index (χ1n) is 9.03. The van der Waals surface area contributed by atoms with E-state index in [4.69, 9.17) is 14.6 Å². The summed E-state index contributed by atoms with van der Waals surface area (Å²) in [6.07, 6.45) is 6.85. The van der Waals surface area contributed by atoms with Crippen LogP contribution in [-0.2, 0) is 19.1 Å². The average molecular weight is 355 g/mol. The van der Waals surface area contributed by atoms with Crippen LogP contribution in [0.5, 0.6) is 0 Å². The first-order chi connectivity index (χ1) is 12.0. The molecule has 0 radical (unpaired) electrons. The molecule has 0 saturated carbocycles. The highest BCUT2D eigenvalue weighted by Crippen LogP contribution is 2.21. The van der Waals surface area contributed by atoms with Crippen LogP contribution >= 0.6 is 0 Å². The fourth-order valence-corrected chi connectivity index (χ4v) is 2.60. The van der Waals surface area contributed by atoms with E-state index in [1.54, 1.807) is 25.3 Å². The molecule has 1 heterocycles. The molecule has 6 nitrogen and oxygen atoms in total. The van der Waals surface area contributed by atoms with E-state index in [9.17, 15) is 9.59 Å². The van der Waals surface area contributed by atoms with Gasteiger partial charge in [0.2, 0.25) is 5.91 Å². The van der Waals surface area contributed by atoms with Gasteiger partial charge in [-0.15, -0.1) is 0 Å². The van der Waals surface area contributed by atoms with Crippen molar-refractivity contribution in [1.82, 2.24) is 4.90 Å². The van der Waals surface area contributed by atoms with Crippen molar-refractivity contribution < 1.29 is 24.2 Å². The topological polar surface area (TPSA) is 76.1 Å². The molecule has 1 amide bonds. The molecule has 25 heavy (non-hydrogen) atoms. The lowest BCUT2D eigenvalue weighted by molar-refractivity contribution is -0.133. The lowest BCUT2D eigenvalue weighted by Crippen LogP contribution is -2.38. The number of allylic oxidation sites excluding steroid dienone is 1. The van der Waals surface area contributed by atoms with Gasteiger partial charge in [-0.3, -0.25) is 4.79 Å². The van der Waals surface area contributed by atoms with Gasteiger partial charge in [0.25, 0.3) is 0 Å². The Bertz CT molecular complexity index is 459. The third kappa shape index (κ3) is 8.31. The van der Waals surface area contributed by atoms with Gasteiger partial charge in [-0.05, 0) is 18.9 Å². The summed E-state index contributed by atoms with van der Waals surface area (Å²) in [5.74, 6) is -0.839. The zero-order valence-electron chi connectivity index (χ0n) is 16.2. The van der Waals surface area contributed by atoms with Crippen LogP contribution in [0.4, 0.5) is 0 Å². The Morgan fingerprint density at radius 3 is 2.48 bits per heavy atom. The summed E-state index contributed by atoms with van der Waals surface area (Å²) < 4.78 is 10.9. The number of carboxylic acid groups (broad SMARTS) is 1. The second-order valence-corrected chi connectivity index (χ2v) is 5.46. The summed E-state index contributed by atoms with van der Waals surface area (Å²) in [5, 5.41) is 8.99. The number of aliphatic carboxylic acids is 1. The van der Waals surface area contributed by atoms with Crippen LogP contribution in [0.25, 0.3) is 0 Å². The summed E-state index contributed by atoms with van der Waals surface area (Å²) in [5.41, 5.74) is 0.263. The maximum atomic E-state index is 11.9. The molecular formula is C19H33NO5. The minimum atomic E-state index is -0.943. The van der Waals surface area contributed by atoms with Crippen LogP contribution in [0.3, 0.4) is 0 Å². The highest BCUT2D eigenvalue weighted by molar-refractivity contribution is 5.89. The van der Waals surface area contributed by atoms with Crippen molar-refractivity contribution in [3.63, 3.8) is 0 Å². The van der Waals surface area contributed by atoms with Gasteiger partial charge in [-0.2, -0.15) is 0 Å². The molecule has 144 valence electrons. The molecule has 0 spiro atoms. The van der Waals surface area contributed by atoms with Crippen LogP contribution in [0, 0.1) is 0 Å². The van der Waals surface area contributed by atoms with E-state index in [0.717, 1.165) is 6.42 Å². The van der Waals surface area contributed by atoms with E-state index in [1.807, 2.05) is 32.6 Å². The fourth-order valence-electron chi connectivity index (χ4n) is 2.60. The lowest BCUT2D eigenvalue weighted by Gasteiger charge is -2.23. The monoisotopic (exact) mass is 355 g/mol. The predicted molar refractivity (Wildman–Crippen MR) is 98.5 cm³/mol. The Morgan fingerprint density at radius 2 is 1.96 bits per heavy atom. The van der Waals surface area contributed by atoms with Crippen LogP contribution in [0.1, 0.15) is 47.0 Å². The van der Waals surface area contributed by atoms with E-state index < -0.39 is 5.97 Å². The maximum absolute atomic E-state index is 11.9. The van der Waals surface area contributed by atoms with Crippen molar-refractivity contribution in [2.24, 2.45) is 0 Å². The summed E-state index contributed by atoms with van der Waals surface area (Å²) in [6, 6.07) is 0.0194. The third-order valence-corrected chi connectivity index (χ3v) is 3.82. The molecule has 1 aliphatic rings. The Kier molecular flexibility index (Phi) is 12.7. The molecule has 1 aliphatic heterocycles. The SMILES string of the molecule is CC.CC/C=C(\C=C/COCC1CC(OC)CN1C(=O)CC)C(=O)O. The maximum Gasteiger partial charge on any atom is 0.335 e. The average Bonchev–Trinajstić information content (AvgIpc) is 3.04. The van der Waals surface area contributed by atoms with E-state index >= 15 is 0 Å². The van der Waals surface area contributed by atoms with Crippen molar-refractivity contribution in [1.29, 1.82) is 0 Å². The lowest BCUT2D eigenvalue weighted by atomic mass is 10.2. The van der Waals surface area contributed by atoms with E-state index in [2.05, 4.69) is 0 Å². The predicted octanol–water partition coefficient (Wildman–Crippen LogP) is 3.03. The smallest absolute Gasteiger partial charge is 0.335 e. The Balaban J connectivity index is 0.00000277. The molecule has 6 heteroatoms. The highest BCUT2D eigenvalue weighted by atomic mass is 16.5. The number of carboxylic acids is 1. The van der Waals surface area contributed by atoms with Gasteiger partial charge in [0, 0.05) is 20.1 Å². The number of ether oxygens (including phenoxy) is 2. The molecule has 2 atom stereocenters. The van der Waals surface area contributed by atoms with Crippen LogP contribution in [0.2, 0.25) is 0 Å². The van der Waals surface area contributed by atoms with Crippen molar-refractivity contribution in [3.8, 4) is 0 Å². The number of carbonyl (C=O) groups excluding carboxylic acids is 1. The number of methoxy groups -OCH3 is 1. The number of likely N-dealkylation sites (tertiary alicyclic amines) is 1. The standard InChI is InChI=1S/C17H27NO5.C2H6/c1-4-7-13(17(20)21)8-6-9-23-12-14-10-15(22-3)11-18(14)16(19)5-2;1-2/h6-8,14-15H,4-5,9-12H2,1-3H3,(H,20,21);1-2H3/b8-6-,13-7+;. The Morgan fingerprint density at radius 1 is 1.28 bits per heavy atom. The van der Waals surface area contributed by atoms with Gasteiger partial charge in [0.1, 0.15) is 0 Å². The van der Waals surface area contributed by atoms with Crippen molar-refractivity contribution in [2.75, 3.05) is 26.9 Å². The first kappa shape index (κ1) is 23.3. The Hall–Kier alpha value is -1.66. The Labute approximate surface area is 151 Å². The van der Waals surface area contributed by atoms with Gasteiger partial charge >= 0.3 is 5.97 Å².